The summed E-state index contributed by atoms with van der Waals surface area (Å²) in [6.07, 6.45) is 0. The highest BCUT2D eigenvalue weighted by Gasteiger charge is 2.20. The summed E-state index contributed by atoms with van der Waals surface area (Å²) in [5.74, 6) is 0.566. The van der Waals surface area contributed by atoms with Crippen LogP contribution < -0.4 is 10.6 Å². The van der Waals surface area contributed by atoms with E-state index in [9.17, 15) is 9.59 Å². The van der Waals surface area contributed by atoms with Gasteiger partial charge in [-0.15, -0.1) is 10.2 Å². The van der Waals surface area contributed by atoms with Crippen LogP contribution in [0.25, 0.3) is 10.8 Å². The van der Waals surface area contributed by atoms with Gasteiger partial charge in [-0.2, -0.15) is 0 Å². The zero-order valence-corrected chi connectivity index (χ0v) is 19.3. The molecule has 0 bridgehead atoms. The number of thioether (sulfide) groups is 1. The van der Waals surface area contributed by atoms with E-state index < -0.39 is 0 Å². The van der Waals surface area contributed by atoms with E-state index in [1.165, 1.54) is 11.8 Å². The lowest BCUT2D eigenvalue weighted by Gasteiger charge is -2.15. The number of aromatic nitrogens is 3. The molecule has 2 amide bonds. The molecule has 1 heterocycles. The van der Waals surface area contributed by atoms with Crippen LogP contribution in [0.5, 0.6) is 0 Å². The number of nitrogens with one attached hydrogen (secondary N) is 2. The molecule has 1 aromatic heterocycles. The summed E-state index contributed by atoms with van der Waals surface area (Å²) in [6, 6.07) is 22.5. The molecule has 1 atom stereocenters. The Bertz CT molecular complexity index is 1270. The van der Waals surface area contributed by atoms with Gasteiger partial charge in [0, 0.05) is 23.2 Å². The Morgan fingerprint density at radius 1 is 0.970 bits per heavy atom. The van der Waals surface area contributed by atoms with E-state index in [-0.39, 0.29) is 23.6 Å². The molecule has 0 radical (unpaired) electrons. The highest BCUT2D eigenvalue weighted by atomic mass is 32.2. The average Bonchev–Trinajstić information content (AvgIpc) is 3.26. The van der Waals surface area contributed by atoms with Crippen molar-refractivity contribution in [3.63, 3.8) is 0 Å². The van der Waals surface area contributed by atoms with Gasteiger partial charge in [0.15, 0.2) is 11.0 Å². The largest absolute Gasteiger partial charge is 0.342 e. The van der Waals surface area contributed by atoms with Gasteiger partial charge in [0.2, 0.25) is 5.91 Å². The van der Waals surface area contributed by atoms with Crippen molar-refractivity contribution in [2.24, 2.45) is 0 Å². The van der Waals surface area contributed by atoms with Gasteiger partial charge in [-0.05, 0) is 37.4 Å². The summed E-state index contributed by atoms with van der Waals surface area (Å²) >= 11 is 1.32. The summed E-state index contributed by atoms with van der Waals surface area (Å²) in [4.78, 5) is 25.1. The van der Waals surface area contributed by atoms with Crippen LogP contribution in [0.3, 0.4) is 0 Å². The predicted octanol–water partition coefficient (Wildman–Crippen LogP) is 4.67. The molecule has 2 N–H and O–H groups in total. The van der Waals surface area contributed by atoms with Crippen LogP contribution in [0.2, 0.25) is 0 Å². The fourth-order valence-electron chi connectivity index (χ4n) is 3.61. The molecule has 0 saturated heterocycles. The van der Waals surface area contributed by atoms with Crippen molar-refractivity contribution in [3.8, 4) is 0 Å². The Morgan fingerprint density at radius 2 is 1.70 bits per heavy atom. The van der Waals surface area contributed by atoms with Crippen LogP contribution in [0, 0.1) is 0 Å². The van der Waals surface area contributed by atoms with Crippen LogP contribution in [0.15, 0.2) is 78.0 Å². The maximum absolute atomic E-state index is 12.6. The van der Waals surface area contributed by atoms with Gasteiger partial charge < -0.3 is 15.2 Å². The third-order valence-corrected chi connectivity index (χ3v) is 6.20. The molecular formula is C25H25N5O2S. The van der Waals surface area contributed by atoms with Gasteiger partial charge >= 0.3 is 0 Å². The number of hydrogen-bond donors (Lipinski definition) is 2. The van der Waals surface area contributed by atoms with Crippen molar-refractivity contribution in [2.45, 2.75) is 31.6 Å². The summed E-state index contributed by atoms with van der Waals surface area (Å²) in [6.45, 7) is 4.48. The number of rotatable bonds is 8. The van der Waals surface area contributed by atoms with Crippen LogP contribution in [-0.2, 0) is 11.3 Å². The van der Waals surface area contributed by atoms with Crippen molar-refractivity contribution < 1.29 is 9.59 Å². The van der Waals surface area contributed by atoms with E-state index in [2.05, 4.69) is 20.8 Å². The number of nitrogens with zero attached hydrogens (tertiary/aromatic N) is 3. The first kappa shape index (κ1) is 22.5. The molecule has 4 rings (SSSR count). The van der Waals surface area contributed by atoms with Crippen molar-refractivity contribution in [1.82, 2.24) is 20.1 Å². The number of fused-ring (bicyclic) bond motifs is 1. The summed E-state index contributed by atoms with van der Waals surface area (Å²) in [5.41, 5.74) is 1.38. The Balaban J connectivity index is 1.40. The number of anilines is 1. The van der Waals surface area contributed by atoms with Crippen molar-refractivity contribution >= 4 is 40.0 Å². The lowest BCUT2D eigenvalue weighted by molar-refractivity contribution is -0.113. The molecule has 0 spiro atoms. The minimum atomic E-state index is -0.330. The van der Waals surface area contributed by atoms with Crippen molar-refractivity contribution in [2.75, 3.05) is 11.1 Å². The Hall–Kier alpha value is -3.65. The smallest absolute Gasteiger partial charge is 0.251 e. The molecule has 33 heavy (non-hydrogen) atoms. The van der Waals surface area contributed by atoms with E-state index in [0.717, 1.165) is 16.5 Å². The van der Waals surface area contributed by atoms with Crippen molar-refractivity contribution in [1.29, 1.82) is 0 Å². The Morgan fingerprint density at radius 3 is 2.48 bits per heavy atom. The molecule has 168 valence electrons. The fraction of sp³-hybridized carbons (Fsp3) is 0.200. The lowest BCUT2D eigenvalue weighted by Crippen LogP contribution is -2.28. The number of benzene rings is 3. The molecule has 4 aromatic rings. The van der Waals surface area contributed by atoms with Crippen molar-refractivity contribution in [3.05, 3.63) is 84.2 Å². The van der Waals surface area contributed by atoms with Gasteiger partial charge in [-0.3, -0.25) is 9.59 Å². The van der Waals surface area contributed by atoms with Gasteiger partial charge in [0.1, 0.15) is 0 Å². The zero-order chi connectivity index (χ0) is 23.2. The van der Waals surface area contributed by atoms with E-state index in [0.29, 0.717) is 23.1 Å². The van der Waals surface area contributed by atoms with E-state index in [1.54, 1.807) is 12.1 Å². The van der Waals surface area contributed by atoms with Crippen LogP contribution in [0.1, 0.15) is 36.1 Å². The Labute approximate surface area is 196 Å². The second-order valence-corrected chi connectivity index (χ2v) is 8.45. The average molecular weight is 460 g/mol. The minimum Gasteiger partial charge on any atom is -0.342 e. The quantitative estimate of drug-likeness (QED) is 0.374. The zero-order valence-electron chi connectivity index (χ0n) is 18.5. The molecule has 7 nitrogen and oxygen atoms in total. The molecule has 8 heteroatoms. The summed E-state index contributed by atoms with van der Waals surface area (Å²) < 4.78 is 1.92. The predicted molar refractivity (Wildman–Crippen MR) is 131 cm³/mol. The molecule has 0 fully saturated rings. The van der Waals surface area contributed by atoms with Gasteiger partial charge in [0.05, 0.1) is 11.8 Å². The monoisotopic (exact) mass is 459 g/mol. The molecule has 0 aliphatic heterocycles. The standard InChI is InChI=1S/C25H25N5O2S/c1-3-30-23(17(2)26-24(32)19-11-5-4-6-12-19)28-29-25(30)33-16-22(31)27-21-15-9-13-18-10-7-8-14-20(18)21/h4-15,17H,3,16H2,1-2H3,(H,26,32)(H,27,31)/t17-/m1/s1. The van der Waals surface area contributed by atoms with E-state index >= 15 is 0 Å². The molecule has 0 aliphatic rings. The first-order valence-corrected chi connectivity index (χ1v) is 11.7. The maximum atomic E-state index is 12.6. The summed E-state index contributed by atoms with van der Waals surface area (Å²) in [7, 11) is 0. The van der Waals surface area contributed by atoms with Gasteiger partial charge in [-0.1, -0.05) is 66.4 Å². The third kappa shape index (κ3) is 5.23. The minimum absolute atomic E-state index is 0.117. The highest BCUT2D eigenvalue weighted by molar-refractivity contribution is 7.99. The van der Waals surface area contributed by atoms with Gasteiger partial charge in [0.25, 0.3) is 5.91 Å². The van der Waals surface area contributed by atoms with Crippen LogP contribution in [0.4, 0.5) is 5.69 Å². The number of amides is 2. The first-order valence-electron chi connectivity index (χ1n) is 10.8. The van der Waals surface area contributed by atoms with Gasteiger partial charge in [-0.25, -0.2) is 0 Å². The summed E-state index contributed by atoms with van der Waals surface area (Å²) in [5, 5.41) is 17.2. The number of hydrogen-bond acceptors (Lipinski definition) is 5. The van der Waals surface area contributed by atoms with E-state index in [4.69, 9.17) is 0 Å². The maximum Gasteiger partial charge on any atom is 0.251 e. The normalized spacial score (nSPS) is 11.8. The second-order valence-electron chi connectivity index (χ2n) is 7.51. The molecule has 0 unspecified atom stereocenters. The Kier molecular flexibility index (Phi) is 7.04. The third-order valence-electron chi connectivity index (χ3n) is 5.23. The molecular weight excluding hydrogens is 434 g/mol. The lowest BCUT2D eigenvalue weighted by atomic mass is 10.1. The fourth-order valence-corrected chi connectivity index (χ4v) is 4.42. The molecule has 0 aliphatic carbocycles. The highest BCUT2D eigenvalue weighted by Crippen LogP contribution is 2.24. The number of carbonyl (C=O) groups excluding carboxylic acids is 2. The van der Waals surface area contributed by atoms with Crippen LogP contribution >= 0.6 is 11.8 Å². The van der Waals surface area contributed by atoms with E-state index in [1.807, 2.05) is 79.1 Å². The SMILES string of the molecule is CCn1c(SCC(=O)Nc2cccc3ccccc23)nnc1[C@@H](C)NC(=O)c1ccccc1. The topological polar surface area (TPSA) is 88.9 Å². The molecule has 3 aromatic carbocycles. The first-order chi connectivity index (χ1) is 16.1. The van der Waals surface area contributed by atoms with Crippen LogP contribution in [-0.4, -0.2) is 32.3 Å². The molecule has 0 saturated carbocycles. The number of carbonyl (C=O) groups is 2. The second kappa shape index (κ2) is 10.3.